The molecule has 7 nitrogen and oxygen atoms in total. The smallest absolute Gasteiger partial charge is 0.257 e. The largest absolute Gasteiger partial charge is 0.396 e. The zero-order chi connectivity index (χ0) is 27.1. The average molecular weight is 558 g/mol. The number of carbonyl (C=O) groups is 2. The van der Waals surface area contributed by atoms with E-state index in [9.17, 15) is 24.2 Å². The van der Waals surface area contributed by atoms with Crippen LogP contribution >= 0.6 is 22.7 Å². The summed E-state index contributed by atoms with van der Waals surface area (Å²) in [5.41, 5.74) is -0.140. The molecule has 5 atom stereocenters. The van der Waals surface area contributed by atoms with E-state index < -0.39 is 23.2 Å². The summed E-state index contributed by atoms with van der Waals surface area (Å²) in [5, 5.41) is 29.5. The van der Waals surface area contributed by atoms with E-state index in [1.54, 1.807) is 11.3 Å². The average Bonchev–Trinajstić information content (AvgIpc) is 3.56. The van der Waals surface area contributed by atoms with Gasteiger partial charge >= 0.3 is 0 Å². The minimum Gasteiger partial charge on any atom is -0.396 e. The number of hydrogen-bond donors (Lipinski definition) is 4. The van der Waals surface area contributed by atoms with Gasteiger partial charge in [0, 0.05) is 33.1 Å². The van der Waals surface area contributed by atoms with Gasteiger partial charge in [-0.2, -0.15) is 0 Å². The molecule has 1 aromatic carbocycles. The lowest BCUT2D eigenvalue weighted by Gasteiger charge is -2.58. The number of aromatic nitrogens is 1. The molecule has 10 heteroatoms. The number of benzene rings is 1. The van der Waals surface area contributed by atoms with Crippen LogP contribution in [-0.2, 0) is 17.8 Å². The highest BCUT2D eigenvalue weighted by molar-refractivity contribution is 7.16. The SMILES string of the molecule is C[C@]1(CO)[C@H]2Cc3sc(NC(=O)c4cccc(F)c4)nc3[C@@H](CC(=O)NCc3cccs3)[C@]2(C)CC[C@H]1O. The number of nitrogens with zero attached hydrogens (tertiary/aromatic N) is 1. The number of halogens is 1. The number of thiophene rings is 1. The molecule has 0 radical (unpaired) electrons. The van der Waals surface area contributed by atoms with Crippen LogP contribution in [0.3, 0.4) is 0 Å². The molecule has 3 aromatic rings. The molecule has 0 saturated heterocycles. The summed E-state index contributed by atoms with van der Waals surface area (Å²) in [5.74, 6) is -1.39. The number of thiazole rings is 1. The Morgan fingerprint density at radius 1 is 1.24 bits per heavy atom. The van der Waals surface area contributed by atoms with E-state index in [4.69, 9.17) is 4.98 Å². The molecular weight excluding hydrogens is 525 g/mol. The Morgan fingerprint density at radius 3 is 2.76 bits per heavy atom. The summed E-state index contributed by atoms with van der Waals surface area (Å²) >= 11 is 2.92. The van der Waals surface area contributed by atoms with Crippen LogP contribution in [0, 0.1) is 22.6 Å². The van der Waals surface area contributed by atoms with Gasteiger partial charge in [0.05, 0.1) is 24.9 Å². The molecule has 5 rings (SSSR count). The van der Waals surface area contributed by atoms with Gasteiger partial charge in [0.15, 0.2) is 5.13 Å². The Hall–Kier alpha value is -2.66. The van der Waals surface area contributed by atoms with Crippen LogP contribution in [-0.4, -0.2) is 39.7 Å². The maximum Gasteiger partial charge on any atom is 0.257 e. The van der Waals surface area contributed by atoms with Gasteiger partial charge in [-0.1, -0.05) is 26.0 Å². The van der Waals surface area contributed by atoms with E-state index in [0.717, 1.165) is 15.4 Å². The molecule has 0 spiro atoms. The van der Waals surface area contributed by atoms with Gasteiger partial charge < -0.3 is 15.5 Å². The molecule has 38 heavy (non-hydrogen) atoms. The van der Waals surface area contributed by atoms with E-state index in [-0.39, 0.29) is 41.7 Å². The Morgan fingerprint density at radius 2 is 2.05 bits per heavy atom. The van der Waals surface area contributed by atoms with Gasteiger partial charge in [-0.05, 0) is 60.2 Å². The van der Waals surface area contributed by atoms with Crippen molar-refractivity contribution >= 4 is 39.6 Å². The second kappa shape index (κ2) is 10.5. The van der Waals surface area contributed by atoms with Gasteiger partial charge in [0.1, 0.15) is 5.82 Å². The number of hydrogen-bond acceptors (Lipinski definition) is 7. The summed E-state index contributed by atoms with van der Waals surface area (Å²) in [6.45, 7) is 4.35. The Bertz CT molecular complexity index is 1330. The summed E-state index contributed by atoms with van der Waals surface area (Å²) in [6, 6.07) is 9.40. The van der Waals surface area contributed by atoms with Crippen molar-refractivity contribution in [2.45, 2.75) is 58.1 Å². The predicted octanol–water partition coefficient (Wildman–Crippen LogP) is 4.72. The number of aliphatic hydroxyl groups is 2. The first-order chi connectivity index (χ1) is 18.1. The molecule has 2 aliphatic carbocycles. The first kappa shape index (κ1) is 26.9. The van der Waals surface area contributed by atoms with Gasteiger partial charge in [-0.15, -0.1) is 22.7 Å². The fourth-order valence-corrected chi connectivity index (χ4v) is 8.06. The lowest BCUT2D eigenvalue weighted by atomic mass is 9.47. The van der Waals surface area contributed by atoms with Crippen LogP contribution in [0.25, 0.3) is 0 Å². The van der Waals surface area contributed by atoms with Crippen molar-refractivity contribution in [2.75, 3.05) is 11.9 Å². The van der Waals surface area contributed by atoms with E-state index in [1.807, 2.05) is 24.4 Å². The Balaban J connectivity index is 1.46. The minimum absolute atomic E-state index is 0.0847. The highest BCUT2D eigenvalue weighted by Gasteiger charge is 2.59. The summed E-state index contributed by atoms with van der Waals surface area (Å²) in [6.07, 6.45) is 1.37. The second-order valence-corrected chi connectivity index (χ2v) is 13.0. The molecule has 1 fully saturated rings. The van der Waals surface area contributed by atoms with Crippen molar-refractivity contribution in [1.82, 2.24) is 10.3 Å². The highest BCUT2D eigenvalue weighted by atomic mass is 32.1. The van der Waals surface area contributed by atoms with Gasteiger partial charge in [0.25, 0.3) is 5.91 Å². The number of aliphatic hydroxyl groups excluding tert-OH is 2. The fourth-order valence-electron chi connectivity index (χ4n) is 6.35. The molecule has 0 unspecified atom stereocenters. The van der Waals surface area contributed by atoms with E-state index in [1.165, 1.54) is 35.6 Å². The van der Waals surface area contributed by atoms with Crippen molar-refractivity contribution in [1.29, 1.82) is 0 Å². The molecule has 202 valence electrons. The third-order valence-corrected chi connectivity index (χ3v) is 10.5. The standard InChI is InChI=1S/C28H32FN3O4S2/c1-27-9-8-22(34)28(2,15-33)21(27)13-20-24(19(27)12-23(35)30-14-18-7-4-10-37-18)31-26(38-20)32-25(36)16-5-3-6-17(29)11-16/h3-7,10-11,19,21-22,33-34H,8-9,12-15H2,1-2H3,(H,30,35)(H,31,32,36)/t19-,21+,22-,27+,28+/m1/s1. The predicted molar refractivity (Wildman–Crippen MR) is 146 cm³/mol. The molecule has 1 saturated carbocycles. The summed E-state index contributed by atoms with van der Waals surface area (Å²) in [7, 11) is 0. The summed E-state index contributed by atoms with van der Waals surface area (Å²) in [4.78, 5) is 32.8. The van der Waals surface area contributed by atoms with Gasteiger partial charge in [-0.25, -0.2) is 9.37 Å². The fraction of sp³-hybridized carbons (Fsp3) is 0.464. The van der Waals surface area contributed by atoms with Crippen LogP contribution in [0.4, 0.5) is 9.52 Å². The maximum atomic E-state index is 13.7. The highest BCUT2D eigenvalue weighted by Crippen LogP contribution is 2.62. The van der Waals surface area contributed by atoms with Crippen molar-refractivity contribution in [3.05, 3.63) is 68.6 Å². The Labute approximate surface area is 229 Å². The number of rotatable bonds is 7. The van der Waals surface area contributed by atoms with Crippen molar-refractivity contribution in [2.24, 2.45) is 16.7 Å². The van der Waals surface area contributed by atoms with Crippen LogP contribution in [0.15, 0.2) is 41.8 Å². The molecule has 2 heterocycles. The topological polar surface area (TPSA) is 112 Å². The molecule has 0 aliphatic heterocycles. The third kappa shape index (κ3) is 4.90. The summed E-state index contributed by atoms with van der Waals surface area (Å²) < 4.78 is 13.7. The molecule has 2 aromatic heterocycles. The third-order valence-electron chi connectivity index (χ3n) is 8.63. The lowest BCUT2D eigenvalue weighted by Crippen LogP contribution is -2.57. The van der Waals surface area contributed by atoms with E-state index in [0.29, 0.717) is 30.9 Å². The molecule has 0 bridgehead atoms. The number of carbonyl (C=O) groups excluding carboxylic acids is 2. The van der Waals surface area contributed by atoms with Gasteiger partial charge in [0.2, 0.25) is 5.91 Å². The zero-order valence-electron chi connectivity index (χ0n) is 21.4. The van der Waals surface area contributed by atoms with E-state index in [2.05, 4.69) is 17.6 Å². The minimum atomic E-state index is -0.731. The van der Waals surface area contributed by atoms with Crippen molar-refractivity contribution in [3.8, 4) is 0 Å². The molecule has 2 aliphatic rings. The monoisotopic (exact) mass is 557 g/mol. The zero-order valence-corrected chi connectivity index (χ0v) is 23.0. The first-order valence-corrected chi connectivity index (χ1v) is 14.5. The number of fused-ring (bicyclic) bond motifs is 2. The second-order valence-electron chi connectivity index (χ2n) is 10.9. The number of nitrogens with one attached hydrogen (secondary N) is 2. The molecule has 4 N–H and O–H groups in total. The normalized spacial score (nSPS) is 28.3. The maximum absolute atomic E-state index is 13.7. The van der Waals surface area contributed by atoms with Crippen LogP contribution in [0.2, 0.25) is 0 Å². The molecule has 2 amide bonds. The quantitative estimate of drug-likeness (QED) is 0.336. The number of amides is 2. The van der Waals surface area contributed by atoms with Crippen molar-refractivity contribution in [3.63, 3.8) is 0 Å². The molecular formula is C28H32FN3O4S2. The first-order valence-electron chi connectivity index (χ1n) is 12.8. The Kier molecular flexibility index (Phi) is 7.43. The lowest BCUT2D eigenvalue weighted by molar-refractivity contribution is -0.144. The van der Waals surface area contributed by atoms with Crippen molar-refractivity contribution < 1.29 is 24.2 Å². The van der Waals surface area contributed by atoms with Gasteiger partial charge in [-0.3, -0.25) is 14.9 Å². The van der Waals surface area contributed by atoms with Crippen LogP contribution in [0.1, 0.15) is 64.8 Å². The number of anilines is 1. The van der Waals surface area contributed by atoms with Crippen LogP contribution in [0.5, 0.6) is 0 Å². The van der Waals surface area contributed by atoms with E-state index >= 15 is 0 Å². The van der Waals surface area contributed by atoms with Crippen LogP contribution < -0.4 is 10.6 Å².